The van der Waals surface area contributed by atoms with Gasteiger partial charge in [-0.05, 0) is 116 Å². The highest BCUT2D eigenvalue weighted by Gasteiger charge is 2.50. The first kappa shape index (κ1) is 74.9. The van der Waals surface area contributed by atoms with Crippen LogP contribution in [0.2, 0.25) is 0 Å². The Morgan fingerprint density at radius 2 is 0.778 bits per heavy atom. The predicted octanol–water partition coefficient (Wildman–Crippen LogP) is 17.5. The Kier molecular flexibility index (Phi) is 52.1. The van der Waals surface area contributed by atoms with E-state index in [0.29, 0.717) is 25.7 Å². The summed E-state index contributed by atoms with van der Waals surface area (Å²) in [4.78, 5) is 51.3. The first-order valence-electron chi connectivity index (χ1n) is 32.6. The minimum Gasteiger partial charge on any atom is -0.479 e. The van der Waals surface area contributed by atoms with Gasteiger partial charge in [-0.1, -0.05) is 228 Å². The summed E-state index contributed by atoms with van der Waals surface area (Å²) >= 11 is 0. The molecule has 1 heterocycles. The van der Waals surface area contributed by atoms with E-state index in [1.54, 1.807) is 0 Å². The van der Waals surface area contributed by atoms with Crippen LogP contribution in [0.5, 0.6) is 0 Å². The fourth-order valence-electron chi connectivity index (χ4n) is 9.44. The Bertz CT molecular complexity index is 1730. The summed E-state index contributed by atoms with van der Waals surface area (Å²) < 4.78 is 28.5. The lowest BCUT2D eigenvalue weighted by atomic mass is 9.98. The number of aliphatic carboxylic acids is 1. The number of carbonyl (C=O) groups excluding carboxylic acids is 3. The molecule has 0 spiro atoms. The van der Waals surface area contributed by atoms with Crippen LogP contribution >= 0.6 is 0 Å². The van der Waals surface area contributed by atoms with Gasteiger partial charge in [-0.2, -0.15) is 0 Å². The molecule has 0 aliphatic carbocycles. The Morgan fingerprint density at radius 3 is 1.25 bits per heavy atom. The molecule has 12 nitrogen and oxygen atoms in total. The lowest BCUT2D eigenvalue weighted by molar-refractivity contribution is -0.301. The molecule has 6 unspecified atom stereocenters. The molecule has 1 rings (SSSR count). The molecule has 1 aliphatic heterocycles. The molecule has 0 aromatic rings. The van der Waals surface area contributed by atoms with Crippen molar-refractivity contribution in [1.29, 1.82) is 0 Å². The summed E-state index contributed by atoms with van der Waals surface area (Å²) in [5.74, 6) is -3.18. The molecule has 12 heteroatoms. The zero-order chi connectivity index (χ0) is 58.9. The Balaban J connectivity index is 2.68. The number of aliphatic hydroxyl groups is 2. The van der Waals surface area contributed by atoms with Gasteiger partial charge in [0.15, 0.2) is 24.6 Å². The summed E-state index contributed by atoms with van der Waals surface area (Å²) in [7, 11) is 0. The number of hydrogen-bond donors (Lipinski definition) is 3. The second kappa shape index (κ2) is 56.4. The average Bonchev–Trinajstić information content (AvgIpc) is 3.53. The number of carbonyl (C=O) groups is 4. The SMILES string of the molecule is CC/C=C\C/C=C\C/C=C\C/C=C\CCCCC(=O)OC1C(OCC(COC(=O)CCCCCCCCCCC/C=C\CCCCCCCC)OC(=O)CCCCCCCCC/C=C\C/C=C\CCCCC)OC(C(=O)O)C(O)C1O. The number of carboxylic acid groups (broad SMARTS) is 1. The summed E-state index contributed by atoms with van der Waals surface area (Å²) in [6, 6.07) is 0. The summed E-state index contributed by atoms with van der Waals surface area (Å²) in [6.07, 6.45) is 61.1. The van der Waals surface area contributed by atoms with E-state index in [2.05, 4.69) is 106 Å². The van der Waals surface area contributed by atoms with E-state index in [1.165, 1.54) is 116 Å². The van der Waals surface area contributed by atoms with Crippen molar-refractivity contribution in [1.82, 2.24) is 0 Å². The van der Waals surface area contributed by atoms with E-state index in [-0.39, 0.29) is 25.9 Å². The van der Waals surface area contributed by atoms with E-state index < -0.39 is 67.3 Å². The van der Waals surface area contributed by atoms with Gasteiger partial charge in [0, 0.05) is 19.3 Å². The highest BCUT2D eigenvalue weighted by Crippen LogP contribution is 2.26. The number of rotatable bonds is 55. The molecule has 0 bridgehead atoms. The van der Waals surface area contributed by atoms with Gasteiger partial charge >= 0.3 is 23.9 Å². The molecular weight excluding hydrogens is 1020 g/mol. The molecule has 1 fully saturated rings. The molecule has 3 N–H and O–H groups in total. The predicted molar refractivity (Wildman–Crippen MR) is 331 cm³/mol. The molecule has 6 atom stereocenters. The van der Waals surface area contributed by atoms with E-state index >= 15 is 0 Å². The molecule has 0 aromatic carbocycles. The Labute approximate surface area is 492 Å². The standard InChI is InChI=1S/C69H116O12/c1-4-7-10-13-16-19-22-25-28-30-31-33-35-37-40-43-46-49-52-55-61(70)77-58-60(79-62(71)56-53-50-47-44-41-39-36-32-29-26-23-20-17-14-11-8-5-2)59-78-69-67(65(74)64(73)66(81-69)68(75)76)80-63(72)57-54-51-48-45-42-38-34-27-24-21-18-15-12-9-6-3/h9,12,17-18,20-21,25-29,34,42,45,60,64-67,69,73-74H,4-8,10-11,13-16,19,22-24,30-33,35-41,43-44,46-59H2,1-3H3,(H,75,76)/b12-9-,20-17-,21-18-,28-25-,29-26-,34-27-,45-42-. The minimum atomic E-state index is -1.92. The lowest BCUT2D eigenvalue weighted by Crippen LogP contribution is -2.61. The van der Waals surface area contributed by atoms with Gasteiger partial charge in [0.25, 0.3) is 0 Å². The minimum absolute atomic E-state index is 0.00492. The number of ether oxygens (including phenoxy) is 5. The maximum Gasteiger partial charge on any atom is 0.335 e. The number of carboxylic acids is 1. The molecule has 464 valence electrons. The quantitative estimate of drug-likeness (QED) is 0.0228. The third kappa shape index (κ3) is 46.0. The molecule has 0 radical (unpaired) electrons. The van der Waals surface area contributed by atoms with Crippen molar-refractivity contribution in [3.63, 3.8) is 0 Å². The fraction of sp³-hybridized carbons (Fsp3) is 0.739. The van der Waals surface area contributed by atoms with Crippen LogP contribution in [0.4, 0.5) is 0 Å². The molecule has 0 aromatic heterocycles. The number of unbranched alkanes of at least 4 members (excludes halogenated alkanes) is 27. The first-order chi connectivity index (χ1) is 39.6. The van der Waals surface area contributed by atoms with Crippen LogP contribution in [0.15, 0.2) is 85.1 Å². The summed E-state index contributed by atoms with van der Waals surface area (Å²) in [5, 5.41) is 31.6. The second-order valence-corrected chi connectivity index (χ2v) is 22.0. The smallest absolute Gasteiger partial charge is 0.335 e. The van der Waals surface area contributed by atoms with Crippen LogP contribution in [0, 0.1) is 0 Å². The normalized spacial score (nSPS) is 18.3. The van der Waals surface area contributed by atoms with Crippen LogP contribution in [0.3, 0.4) is 0 Å². The second-order valence-electron chi connectivity index (χ2n) is 22.0. The van der Waals surface area contributed by atoms with E-state index in [1.807, 2.05) is 0 Å². The van der Waals surface area contributed by atoms with Crippen molar-refractivity contribution in [2.24, 2.45) is 0 Å². The van der Waals surface area contributed by atoms with Crippen molar-refractivity contribution >= 4 is 23.9 Å². The van der Waals surface area contributed by atoms with Crippen molar-refractivity contribution in [2.75, 3.05) is 13.2 Å². The largest absolute Gasteiger partial charge is 0.479 e. The van der Waals surface area contributed by atoms with E-state index in [0.717, 1.165) is 96.3 Å². The zero-order valence-corrected chi connectivity index (χ0v) is 51.3. The monoisotopic (exact) mass is 1140 g/mol. The van der Waals surface area contributed by atoms with Gasteiger partial charge in [-0.25, -0.2) is 4.79 Å². The third-order valence-electron chi connectivity index (χ3n) is 14.4. The van der Waals surface area contributed by atoms with Gasteiger partial charge in [0.1, 0.15) is 18.8 Å². The molecule has 0 saturated carbocycles. The van der Waals surface area contributed by atoms with Gasteiger partial charge in [0.2, 0.25) is 0 Å². The molecule has 0 amide bonds. The lowest BCUT2D eigenvalue weighted by Gasteiger charge is -2.40. The van der Waals surface area contributed by atoms with Crippen LogP contribution in [0.25, 0.3) is 0 Å². The van der Waals surface area contributed by atoms with Crippen LogP contribution < -0.4 is 0 Å². The van der Waals surface area contributed by atoms with Crippen LogP contribution in [-0.4, -0.2) is 89.2 Å². The van der Waals surface area contributed by atoms with E-state index in [4.69, 9.17) is 23.7 Å². The van der Waals surface area contributed by atoms with Crippen molar-refractivity contribution in [3.05, 3.63) is 85.1 Å². The van der Waals surface area contributed by atoms with E-state index in [9.17, 15) is 34.5 Å². The third-order valence-corrected chi connectivity index (χ3v) is 14.4. The molecule has 1 saturated heterocycles. The first-order valence-corrected chi connectivity index (χ1v) is 32.6. The molecule has 1 aliphatic rings. The highest BCUT2D eigenvalue weighted by atomic mass is 16.7. The number of aliphatic hydroxyl groups excluding tert-OH is 2. The van der Waals surface area contributed by atoms with Gasteiger partial charge in [-0.3, -0.25) is 14.4 Å². The average molecular weight is 1140 g/mol. The summed E-state index contributed by atoms with van der Waals surface area (Å²) in [5.41, 5.74) is 0. The van der Waals surface area contributed by atoms with Crippen LogP contribution in [0.1, 0.15) is 278 Å². The highest BCUT2D eigenvalue weighted by molar-refractivity contribution is 5.74. The Hall–Kier alpha value is -4.10. The number of hydrogen-bond acceptors (Lipinski definition) is 11. The zero-order valence-electron chi connectivity index (χ0n) is 51.3. The molecule has 81 heavy (non-hydrogen) atoms. The fourth-order valence-corrected chi connectivity index (χ4v) is 9.44. The van der Waals surface area contributed by atoms with Crippen molar-refractivity contribution in [2.45, 2.75) is 314 Å². The van der Waals surface area contributed by atoms with Gasteiger partial charge in [-0.15, -0.1) is 0 Å². The molecular formula is C69H116O12. The summed E-state index contributed by atoms with van der Waals surface area (Å²) in [6.45, 7) is 5.85. The van der Waals surface area contributed by atoms with Gasteiger partial charge < -0.3 is 39.0 Å². The number of allylic oxidation sites excluding steroid dienone is 14. The maximum absolute atomic E-state index is 13.2. The van der Waals surface area contributed by atoms with Gasteiger partial charge in [0.05, 0.1) is 6.61 Å². The number of esters is 3. The topological polar surface area (TPSA) is 175 Å². The van der Waals surface area contributed by atoms with Crippen molar-refractivity contribution in [3.8, 4) is 0 Å². The van der Waals surface area contributed by atoms with Crippen LogP contribution in [-0.2, 0) is 42.9 Å². The van der Waals surface area contributed by atoms with Crippen molar-refractivity contribution < 1.29 is 58.2 Å². The maximum atomic E-state index is 13.2. The Morgan fingerprint density at radius 1 is 0.420 bits per heavy atom.